The molecule has 0 saturated heterocycles. The van der Waals surface area contributed by atoms with E-state index in [2.05, 4.69) is 12.2 Å². The second kappa shape index (κ2) is 7.06. The molecule has 16 heavy (non-hydrogen) atoms. The first-order valence-corrected chi connectivity index (χ1v) is 5.72. The first kappa shape index (κ1) is 12.8. The van der Waals surface area contributed by atoms with Crippen molar-refractivity contribution >= 4 is 5.91 Å². The predicted octanol–water partition coefficient (Wildman–Crippen LogP) is 1.46. The highest BCUT2D eigenvalue weighted by Gasteiger charge is 2.04. The van der Waals surface area contributed by atoms with Gasteiger partial charge < -0.3 is 15.5 Å². The van der Waals surface area contributed by atoms with Gasteiger partial charge in [-0.15, -0.1) is 0 Å². The van der Waals surface area contributed by atoms with Crippen molar-refractivity contribution in [3.8, 4) is 0 Å². The molecule has 0 spiro atoms. The van der Waals surface area contributed by atoms with Gasteiger partial charge in [0, 0.05) is 18.9 Å². The van der Waals surface area contributed by atoms with E-state index in [1.165, 1.54) is 0 Å². The first-order valence-electron chi connectivity index (χ1n) is 5.72. The molecule has 4 nitrogen and oxygen atoms in total. The first-order chi connectivity index (χ1) is 7.68. The standard InChI is InChI=1S/C12H20N2O2/c1-10(9-11-5-4-8-16-11)14-7-3-2-6-12(13)15/h4-5,8,10,14H,2-3,6-7,9H2,1H3,(H2,13,15). The smallest absolute Gasteiger partial charge is 0.217 e. The summed E-state index contributed by atoms with van der Waals surface area (Å²) in [6, 6.07) is 4.26. The molecule has 0 bridgehead atoms. The number of hydrogen-bond acceptors (Lipinski definition) is 3. The van der Waals surface area contributed by atoms with Crippen molar-refractivity contribution in [1.82, 2.24) is 5.32 Å². The van der Waals surface area contributed by atoms with Gasteiger partial charge in [0.25, 0.3) is 0 Å². The van der Waals surface area contributed by atoms with Crippen LogP contribution >= 0.6 is 0 Å². The zero-order chi connectivity index (χ0) is 11.8. The Kier molecular flexibility index (Phi) is 5.64. The summed E-state index contributed by atoms with van der Waals surface area (Å²) in [7, 11) is 0. The summed E-state index contributed by atoms with van der Waals surface area (Å²) in [5, 5.41) is 3.38. The molecule has 1 unspecified atom stereocenters. The Hall–Kier alpha value is -1.29. The maximum absolute atomic E-state index is 10.5. The van der Waals surface area contributed by atoms with Gasteiger partial charge in [0.15, 0.2) is 0 Å². The van der Waals surface area contributed by atoms with Crippen LogP contribution in [0.15, 0.2) is 22.8 Å². The lowest BCUT2D eigenvalue weighted by Gasteiger charge is -2.11. The number of unbranched alkanes of at least 4 members (excludes halogenated alkanes) is 1. The van der Waals surface area contributed by atoms with Gasteiger partial charge >= 0.3 is 0 Å². The van der Waals surface area contributed by atoms with Crippen LogP contribution in [-0.4, -0.2) is 18.5 Å². The number of primary amides is 1. The number of hydrogen-bond donors (Lipinski definition) is 2. The second-order valence-corrected chi connectivity index (χ2v) is 4.06. The molecule has 0 radical (unpaired) electrons. The molecule has 90 valence electrons. The van der Waals surface area contributed by atoms with Crippen LogP contribution in [0.3, 0.4) is 0 Å². The summed E-state index contributed by atoms with van der Waals surface area (Å²) in [6.45, 7) is 3.03. The van der Waals surface area contributed by atoms with Crippen LogP contribution < -0.4 is 11.1 Å². The molecule has 0 aromatic carbocycles. The number of carbonyl (C=O) groups is 1. The second-order valence-electron chi connectivity index (χ2n) is 4.06. The van der Waals surface area contributed by atoms with Crippen molar-refractivity contribution in [3.63, 3.8) is 0 Å². The number of nitrogens with two attached hydrogens (primary N) is 1. The van der Waals surface area contributed by atoms with Crippen molar-refractivity contribution in [1.29, 1.82) is 0 Å². The van der Waals surface area contributed by atoms with Crippen LogP contribution in [-0.2, 0) is 11.2 Å². The largest absolute Gasteiger partial charge is 0.469 e. The van der Waals surface area contributed by atoms with Crippen LogP contribution in [0.1, 0.15) is 31.9 Å². The van der Waals surface area contributed by atoms with Crippen LogP contribution in [0.25, 0.3) is 0 Å². The van der Waals surface area contributed by atoms with Crippen molar-refractivity contribution in [2.24, 2.45) is 5.73 Å². The molecule has 0 fully saturated rings. The molecule has 1 aromatic rings. The number of nitrogens with one attached hydrogen (secondary N) is 1. The summed E-state index contributed by atoms with van der Waals surface area (Å²) in [6.07, 6.45) is 4.90. The minimum atomic E-state index is -0.219. The van der Waals surface area contributed by atoms with Crippen LogP contribution in [0.5, 0.6) is 0 Å². The third-order valence-corrected chi connectivity index (χ3v) is 2.43. The molecule has 1 amide bonds. The molecule has 1 rings (SSSR count). The Morgan fingerprint density at radius 1 is 1.56 bits per heavy atom. The van der Waals surface area contributed by atoms with Crippen molar-refractivity contribution < 1.29 is 9.21 Å². The van der Waals surface area contributed by atoms with Crippen molar-refractivity contribution in [3.05, 3.63) is 24.2 Å². The fourth-order valence-electron chi connectivity index (χ4n) is 1.58. The number of carbonyl (C=O) groups excluding carboxylic acids is 1. The molecule has 1 atom stereocenters. The number of furan rings is 1. The average molecular weight is 224 g/mol. The van der Waals surface area contributed by atoms with E-state index in [0.717, 1.165) is 31.6 Å². The molecule has 0 saturated carbocycles. The van der Waals surface area contributed by atoms with E-state index >= 15 is 0 Å². The monoisotopic (exact) mass is 224 g/mol. The van der Waals surface area contributed by atoms with Crippen LogP contribution in [0.2, 0.25) is 0 Å². The van der Waals surface area contributed by atoms with Gasteiger partial charge in [-0.05, 0) is 38.4 Å². The quantitative estimate of drug-likeness (QED) is 0.657. The van der Waals surface area contributed by atoms with Gasteiger partial charge in [-0.2, -0.15) is 0 Å². The van der Waals surface area contributed by atoms with Gasteiger partial charge in [-0.3, -0.25) is 4.79 Å². The Morgan fingerprint density at radius 2 is 2.38 bits per heavy atom. The summed E-state index contributed by atoms with van der Waals surface area (Å²) in [5.41, 5.74) is 5.05. The number of rotatable bonds is 8. The molecule has 4 heteroatoms. The minimum absolute atomic E-state index is 0.219. The van der Waals surface area contributed by atoms with E-state index in [0.29, 0.717) is 12.5 Å². The molecule has 0 aliphatic rings. The molecule has 3 N–H and O–H groups in total. The lowest BCUT2D eigenvalue weighted by Crippen LogP contribution is -2.29. The SMILES string of the molecule is CC(Cc1ccco1)NCCCCC(N)=O. The maximum Gasteiger partial charge on any atom is 0.217 e. The van der Waals surface area contributed by atoms with Crippen molar-refractivity contribution in [2.75, 3.05) is 6.54 Å². The highest BCUT2D eigenvalue weighted by atomic mass is 16.3. The minimum Gasteiger partial charge on any atom is -0.469 e. The predicted molar refractivity (Wildman–Crippen MR) is 62.9 cm³/mol. The van der Waals surface area contributed by atoms with E-state index in [4.69, 9.17) is 10.2 Å². The number of amides is 1. The van der Waals surface area contributed by atoms with E-state index in [1.54, 1.807) is 6.26 Å². The normalized spacial score (nSPS) is 12.6. The Bertz CT molecular complexity index is 296. The molecular weight excluding hydrogens is 204 g/mol. The fraction of sp³-hybridized carbons (Fsp3) is 0.583. The maximum atomic E-state index is 10.5. The van der Waals surface area contributed by atoms with E-state index in [-0.39, 0.29) is 5.91 Å². The Labute approximate surface area is 96.2 Å². The van der Waals surface area contributed by atoms with Crippen LogP contribution in [0.4, 0.5) is 0 Å². The van der Waals surface area contributed by atoms with E-state index < -0.39 is 0 Å². The topological polar surface area (TPSA) is 68.3 Å². The van der Waals surface area contributed by atoms with Gasteiger partial charge in [0.2, 0.25) is 5.91 Å². The zero-order valence-corrected chi connectivity index (χ0v) is 9.74. The third-order valence-electron chi connectivity index (χ3n) is 2.43. The lowest BCUT2D eigenvalue weighted by atomic mass is 10.2. The van der Waals surface area contributed by atoms with Crippen molar-refractivity contribution in [2.45, 2.75) is 38.6 Å². The molecule has 1 aromatic heterocycles. The summed E-state index contributed by atoms with van der Waals surface area (Å²) >= 11 is 0. The summed E-state index contributed by atoms with van der Waals surface area (Å²) < 4.78 is 5.26. The fourth-order valence-corrected chi connectivity index (χ4v) is 1.58. The van der Waals surface area contributed by atoms with E-state index in [9.17, 15) is 4.79 Å². The molecule has 0 aliphatic carbocycles. The third kappa shape index (κ3) is 5.56. The van der Waals surface area contributed by atoms with Gasteiger partial charge in [-0.1, -0.05) is 0 Å². The highest BCUT2D eigenvalue weighted by Crippen LogP contribution is 2.04. The molecule has 1 heterocycles. The van der Waals surface area contributed by atoms with Gasteiger partial charge in [0.1, 0.15) is 5.76 Å². The van der Waals surface area contributed by atoms with E-state index in [1.807, 2.05) is 12.1 Å². The molecule has 0 aliphatic heterocycles. The average Bonchev–Trinajstić information content (AvgIpc) is 2.69. The highest BCUT2D eigenvalue weighted by molar-refractivity contribution is 5.73. The van der Waals surface area contributed by atoms with Crippen LogP contribution in [0, 0.1) is 0 Å². The summed E-state index contributed by atoms with van der Waals surface area (Å²) in [5.74, 6) is 0.778. The molecular formula is C12H20N2O2. The Balaban J connectivity index is 2.02. The van der Waals surface area contributed by atoms with Gasteiger partial charge in [-0.25, -0.2) is 0 Å². The lowest BCUT2D eigenvalue weighted by molar-refractivity contribution is -0.118. The zero-order valence-electron chi connectivity index (χ0n) is 9.74. The summed E-state index contributed by atoms with van der Waals surface area (Å²) in [4.78, 5) is 10.5. The van der Waals surface area contributed by atoms with Gasteiger partial charge in [0.05, 0.1) is 6.26 Å². The Morgan fingerprint density at radius 3 is 3.00 bits per heavy atom.